The van der Waals surface area contributed by atoms with Crippen molar-refractivity contribution in [3.8, 4) is 0 Å². The Hall–Kier alpha value is -1.89. The zero-order valence-corrected chi connectivity index (χ0v) is 17.6. The third-order valence-corrected chi connectivity index (χ3v) is 4.95. The lowest BCUT2D eigenvalue weighted by atomic mass is 10.1. The van der Waals surface area contributed by atoms with E-state index in [2.05, 4.69) is 5.32 Å². The van der Waals surface area contributed by atoms with E-state index in [1.807, 2.05) is 35.0 Å². The first-order chi connectivity index (χ1) is 13.8. The third kappa shape index (κ3) is 5.81. The minimum Gasteiger partial charge on any atom is -0.394 e. The van der Waals surface area contributed by atoms with E-state index >= 15 is 0 Å². The normalized spacial score (nSPS) is 12.0. The second-order valence-electron chi connectivity index (χ2n) is 6.12. The molecule has 29 heavy (non-hydrogen) atoms. The zero-order valence-electron chi connectivity index (χ0n) is 15.4. The zero-order chi connectivity index (χ0) is 21.6. The molecule has 0 unspecified atom stereocenters. The molecule has 6 nitrogen and oxygen atoms in total. The van der Waals surface area contributed by atoms with Crippen molar-refractivity contribution in [2.75, 3.05) is 18.5 Å². The Balaban J connectivity index is 2.34. The quantitative estimate of drug-likeness (QED) is 0.298. The molecule has 1 amide bonds. The number of amides is 1. The highest BCUT2D eigenvalue weighted by molar-refractivity contribution is 14.1. The third-order valence-electron chi connectivity index (χ3n) is 3.94. The number of benzene rings is 2. The van der Waals surface area contributed by atoms with E-state index in [-0.39, 0.29) is 11.3 Å². The number of carbonyl (C=O) groups is 1. The molecule has 0 aliphatic heterocycles. The summed E-state index contributed by atoms with van der Waals surface area (Å²) in [7, 11) is 0. The molecule has 10 heteroatoms. The smallest absolute Gasteiger partial charge is 0.277 e. The Labute approximate surface area is 179 Å². The summed E-state index contributed by atoms with van der Waals surface area (Å²) in [5.41, 5.74) is 1.39. The fraction of sp³-hybridized carbons (Fsp3) is 0.316. The van der Waals surface area contributed by atoms with Gasteiger partial charge in [0, 0.05) is 9.13 Å². The molecule has 0 saturated heterocycles. The number of hydroxylamine groups is 1. The van der Waals surface area contributed by atoms with Crippen LogP contribution in [0.25, 0.3) is 0 Å². The minimum atomic E-state index is -1.36. The lowest BCUT2D eigenvalue weighted by Crippen LogP contribution is -2.30. The van der Waals surface area contributed by atoms with Gasteiger partial charge in [-0.2, -0.15) is 0 Å². The van der Waals surface area contributed by atoms with E-state index in [0.29, 0.717) is 22.0 Å². The average molecular weight is 524 g/mol. The van der Waals surface area contributed by atoms with Gasteiger partial charge in [-0.3, -0.25) is 9.63 Å². The molecule has 4 N–H and O–H groups in total. The largest absolute Gasteiger partial charge is 0.394 e. The Morgan fingerprint density at radius 2 is 1.93 bits per heavy atom. The highest BCUT2D eigenvalue weighted by atomic mass is 127. The fourth-order valence-electron chi connectivity index (χ4n) is 2.48. The summed E-state index contributed by atoms with van der Waals surface area (Å²) < 4.78 is 43.7. The molecule has 0 bridgehead atoms. The van der Waals surface area contributed by atoms with Crippen LogP contribution < -0.4 is 10.8 Å². The molecule has 158 valence electrons. The van der Waals surface area contributed by atoms with Gasteiger partial charge < -0.3 is 15.5 Å². The molecule has 0 aromatic heterocycles. The minimum absolute atomic E-state index is 0.107. The SMILES string of the molecule is CCCc1c(I)ccc(Nc2c(C(=O)NOC[C@H](O)CO)ccc(F)c2F)c1F. The number of anilines is 2. The summed E-state index contributed by atoms with van der Waals surface area (Å²) >= 11 is 1.99. The second kappa shape index (κ2) is 10.8. The maximum absolute atomic E-state index is 14.8. The first-order valence-electron chi connectivity index (χ1n) is 8.73. The molecule has 1 atom stereocenters. The van der Waals surface area contributed by atoms with Crippen LogP contribution in [0.2, 0.25) is 0 Å². The van der Waals surface area contributed by atoms with E-state index < -0.39 is 48.4 Å². The monoisotopic (exact) mass is 524 g/mol. The maximum atomic E-state index is 14.8. The summed E-state index contributed by atoms with van der Waals surface area (Å²) in [6, 6.07) is 4.77. The van der Waals surface area contributed by atoms with Crippen molar-refractivity contribution >= 4 is 39.9 Å². The van der Waals surface area contributed by atoms with Crippen molar-refractivity contribution in [1.82, 2.24) is 5.48 Å². The molecule has 0 aliphatic rings. The Kier molecular flexibility index (Phi) is 8.68. The number of halogens is 4. The van der Waals surface area contributed by atoms with Crippen LogP contribution in [0.4, 0.5) is 24.5 Å². The molecular weight excluding hydrogens is 504 g/mol. The van der Waals surface area contributed by atoms with Crippen molar-refractivity contribution in [3.63, 3.8) is 0 Å². The van der Waals surface area contributed by atoms with Gasteiger partial charge >= 0.3 is 0 Å². The number of aliphatic hydroxyl groups excluding tert-OH is 2. The molecule has 0 aliphatic carbocycles. The summed E-state index contributed by atoms with van der Waals surface area (Å²) in [4.78, 5) is 17.0. The van der Waals surface area contributed by atoms with Crippen molar-refractivity contribution in [3.05, 3.63) is 56.4 Å². The molecule has 2 rings (SSSR count). The Morgan fingerprint density at radius 3 is 2.59 bits per heavy atom. The van der Waals surface area contributed by atoms with E-state index in [9.17, 15) is 23.1 Å². The van der Waals surface area contributed by atoms with Crippen LogP contribution in [0.1, 0.15) is 29.3 Å². The lowest BCUT2D eigenvalue weighted by Gasteiger charge is -2.16. The molecule has 0 saturated carbocycles. The van der Waals surface area contributed by atoms with Gasteiger partial charge in [0.1, 0.15) is 12.7 Å². The van der Waals surface area contributed by atoms with Crippen LogP contribution >= 0.6 is 22.6 Å². The van der Waals surface area contributed by atoms with Gasteiger partial charge in [0.2, 0.25) is 0 Å². The summed E-state index contributed by atoms with van der Waals surface area (Å²) in [6.07, 6.45) is -0.0784. The number of hydrogen-bond donors (Lipinski definition) is 4. The highest BCUT2D eigenvalue weighted by Gasteiger charge is 2.21. The molecule has 0 spiro atoms. The van der Waals surface area contributed by atoms with Crippen LogP contribution in [0.5, 0.6) is 0 Å². The highest BCUT2D eigenvalue weighted by Crippen LogP contribution is 2.31. The van der Waals surface area contributed by atoms with E-state index in [0.717, 1.165) is 12.1 Å². The van der Waals surface area contributed by atoms with Gasteiger partial charge in [0.05, 0.1) is 23.5 Å². The van der Waals surface area contributed by atoms with Gasteiger partial charge in [-0.25, -0.2) is 18.7 Å². The summed E-state index contributed by atoms with van der Waals surface area (Å²) in [5.74, 6) is -4.14. The molecule has 0 heterocycles. The Morgan fingerprint density at radius 1 is 1.21 bits per heavy atom. The van der Waals surface area contributed by atoms with Crippen molar-refractivity contribution < 1.29 is 33.0 Å². The van der Waals surface area contributed by atoms with E-state index in [1.165, 1.54) is 6.07 Å². The van der Waals surface area contributed by atoms with Gasteiger partial charge in [-0.15, -0.1) is 0 Å². The van der Waals surface area contributed by atoms with Gasteiger partial charge in [-0.05, 0) is 53.3 Å². The molecule has 2 aromatic carbocycles. The van der Waals surface area contributed by atoms with Crippen LogP contribution in [-0.2, 0) is 11.3 Å². The van der Waals surface area contributed by atoms with Crippen LogP contribution in [0.15, 0.2) is 24.3 Å². The van der Waals surface area contributed by atoms with Crippen molar-refractivity contribution in [1.29, 1.82) is 0 Å². The molecular formula is C19H20F3IN2O4. The first kappa shape index (κ1) is 23.4. The second-order valence-corrected chi connectivity index (χ2v) is 7.29. The maximum Gasteiger partial charge on any atom is 0.277 e. The number of nitrogens with one attached hydrogen (secondary N) is 2. The van der Waals surface area contributed by atoms with Crippen LogP contribution in [-0.4, -0.2) is 35.4 Å². The molecule has 2 aromatic rings. The topological polar surface area (TPSA) is 90.8 Å². The molecule has 0 radical (unpaired) electrons. The summed E-state index contributed by atoms with van der Waals surface area (Å²) in [6.45, 7) is 0.888. The van der Waals surface area contributed by atoms with Gasteiger partial charge in [0.15, 0.2) is 17.5 Å². The number of carbonyl (C=O) groups excluding carboxylic acids is 1. The van der Waals surface area contributed by atoms with Gasteiger partial charge in [-0.1, -0.05) is 13.3 Å². The van der Waals surface area contributed by atoms with E-state index in [1.54, 1.807) is 6.07 Å². The average Bonchev–Trinajstić information content (AvgIpc) is 2.70. The fourth-order valence-corrected chi connectivity index (χ4v) is 3.17. The number of aliphatic hydroxyl groups is 2. The predicted octanol–water partition coefficient (Wildman–Crippen LogP) is 3.42. The van der Waals surface area contributed by atoms with Crippen LogP contribution in [0, 0.1) is 21.0 Å². The summed E-state index contributed by atoms with van der Waals surface area (Å²) in [5, 5.41) is 20.4. The molecule has 0 fully saturated rings. The van der Waals surface area contributed by atoms with Crippen molar-refractivity contribution in [2.45, 2.75) is 25.9 Å². The number of hydrogen-bond acceptors (Lipinski definition) is 5. The standard InChI is InChI=1S/C19H20F3IN2O4/c1-2-3-11-14(23)6-7-15(16(11)21)24-18-12(4-5-13(20)17(18)22)19(28)25-29-9-10(27)8-26/h4-7,10,24,26-27H,2-3,8-9H2,1H3,(H,25,28)/t10-/m1/s1. The van der Waals surface area contributed by atoms with Crippen molar-refractivity contribution in [2.24, 2.45) is 0 Å². The number of rotatable bonds is 9. The Bertz CT molecular complexity index is 883. The van der Waals surface area contributed by atoms with Crippen LogP contribution in [0.3, 0.4) is 0 Å². The van der Waals surface area contributed by atoms with Gasteiger partial charge in [0.25, 0.3) is 5.91 Å². The predicted molar refractivity (Wildman–Crippen MR) is 109 cm³/mol. The lowest BCUT2D eigenvalue weighted by molar-refractivity contribution is -0.0295. The van der Waals surface area contributed by atoms with E-state index in [4.69, 9.17) is 9.94 Å². The first-order valence-corrected chi connectivity index (χ1v) is 9.80.